The number of hydrogen-bond acceptors (Lipinski definition) is 3. The Kier molecular flexibility index (Phi) is 5.21. The first-order valence-corrected chi connectivity index (χ1v) is 8.95. The molecule has 1 aromatic heterocycles. The molecule has 0 saturated carbocycles. The Bertz CT molecular complexity index is 1070. The van der Waals surface area contributed by atoms with E-state index in [0.717, 1.165) is 16.5 Å². The van der Waals surface area contributed by atoms with Crippen LogP contribution in [0, 0.1) is 6.92 Å². The number of pyridine rings is 1. The number of aryl methyl sites for hydroxylation is 1. The molecule has 138 valence electrons. The zero-order valence-electron chi connectivity index (χ0n) is 15.7. The zero-order valence-corrected chi connectivity index (χ0v) is 15.7. The first-order valence-electron chi connectivity index (χ1n) is 8.95. The number of para-hydroxylation sites is 1. The lowest BCUT2D eigenvalue weighted by Gasteiger charge is -2.21. The van der Waals surface area contributed by atoms with Gasteiger partial charge in [0.15, 0.2) is 5.78 Å². The molecule has 1 unspecified atom stereocenters. The van der Waals surface area contributed by atoms with E-state index in [4.69, 9.17) is 0 Å². The minimum absolute atomic E-state index is 0.0306. The Labute approximate surface area is 157 Å². The third-order valence-electron chi connectivity index (χ3n) is 4.73. The Morgan fingerprint density at radius 1 is 1.07 bits per heavy atom. The van der Waals surface area contributed by atoms with Crippen molar-refractivity contribution < 1.29 is 9.59 Å². The molecule has 5 nitrogen and oxygen atoms in total. The van der Waals surface area contributed by atoms with E-state index in [1.54, 1.807) is 34.9 Å². The molecule has 27 heavy (non-hydrogen) atoms. The van der Waals surface area contributed by atoms with Gasteiger partial charge in [-0.1, -0.05) is 25.1 Å². The van der Waals surface area contributed by atoms with Crippen molar-refractivity contribution in [3.8, 4) is 0 Å². The third kappa shape index (κ3) is 3.67. The molecule has 0 aliphatic rings. The monoisotopic (exact) mass is 362 g/mol. The normalized spacial score (nSPS) is 12.0. The van der Waals surface area contributed by atoms with Crippen LogP contribution in [0.5, 0.6) is 0 Å². The van der Waals surface area contributed by atoms with Gasteiger partial charge in [-0.05, 0) is 56.2 Å². The summed E-state index contributed by atoms with van der Waals surface area (Å²) in [6.07, 6.45) is 0.477. The molecule has 5 heteroatoms. The number of nitrogens with one attached hydrogen (secondary N) is 1. The number of ketones is 1. The number of carbonyl (C=O) groups is 2. The molecule has 0 bridgehead atoms. The summed E-state index contributed by atoms with van der Waals surface area (Å²) < 4.78 is 1.56. The van der Waals surface area contributed by atoms with Crippen molar-refractivity contribution in [2.24, 2.45) is 0 Å². The Morgan fingerprint density at radius 3 is 2.37 bits per heavy atom. The maximum atomic E-state index is 12.9. The van der Waals surface area contributed by atoms with E-state index in [-0.39, 0.29) is 17.2 Å². The second-order valence-corrected chi connectivity index (χ2v) is 6.60. The maximum Gasteiger partial charge on any atom is 0.252 e. The van der Waals surface area contributed by atoms with Gasteiger partial charge in [-0.15, -0.1) is 0 Å². The molecule has 1 heterocycles. The molecule has 0 saturated heterocycles. The first-order chi connectivity index (χ1) is 12.9. The minimum Gasteiger partial charge on any atom is -0.324 e. The summed E-state index contributed by atoms with van der Waals surface area (Å²) in [5.41, 5.74) is 2.62. The molecular formula is C22H22N2O3. The lowest BCUT2D eigenvalue weighted by molar-refractivity contribution is -0.119. The Hall–Kier alpha value is -3.21. The van der Waals surface area contributed by atoms with E-state index < -0.39 is 6.04 Å². The van der Waals surface area contributed by atoms with E-state index in [9.17, 15) is 14.4 Å². The van der Waals surface area contributed by atoms with Crippen molar-refractivity contribution >= 4 is 28.3 Å². The zero-order chi connectivity index (χ0) is 19.6. The predicted molar refractivity (Wildman–Crippen MR) is 107 cm³/mol. The summed E-state index contributed by atoms with van der Waals surface area (Å²) in [5, 5.41) is 3.81. The number of aromatic nitrogens is 1. The number of amides is 1. The second-order valence-electron chi connectivity index (χ2n) is 6.60. The van der Waals surface area contributed by atoms with E-state index in [2.05, 4.69) is 5.32 Å². The van der Waals surface area contributed by atoms with Crippen LogP contribution in [-0.2, 0) is 4.79 Å². The minimum atomic E-state index is -0.629. The highest BCUT2D eigenvalue weighted by atomic mass is 16.2. The van der Waals surface area contributed by atoms with Gasteiger partial charge in [0.2, 0.25) is 5.91 Å². The Morgan fingerprint density at radius 2 is 1.74 bits per heavy atom. The van der Waals surface area contributed by atoms with Crippen LogP contribution in [0.15, 0.2) is 59.4 Å². The van der Waals surface area contributed by atoms with Crippen molar-refractivity contribution in [3.63, 3.8) is 0 Å². The summed E-state index contributed by atoms with van der Waals surface area (Å²) in [5.74, 6) is -0.291. The van der Waals surface area contributed by atoms with Gasteiger partial charge in [-0.3, -0.25) is 19.0 Å². The van der Waals surface area contributed by atoms with E-state index in [0.29, 0.717) is 17.7 Å². The number of hydrogen-bond donors (Lipinski definition) is 1. The third-order valence-corrected chi connectivity index (χ3v) is 4.73. The molecule has 0 aliphatic heterocycles. The molecule has 3 rings (SSSR count). The molecule has 1 N–H and O–H groups in total. The second kappa shape index (κ2) is 7.58. The van der Waals surface area contributed by atoms with Crippen molar-refractivity contribution in [1.82, 2.24) is 4.57 Å². The van der Waals surface area contributed by atoms with Crippen LogP contribution in [0.4, 0.5) is 5.69 Å². The molecule has 0 aliphatic carbocycles. The van der Waals surface area contributed by atoms with E-state index in [1.807, 2.05) is 38.1 Å². The molecule has 0 fully saturated rings. The average molecular weight is 362 g/mol. The van der Waals surface area contributed by atoms with Crippen LogP contribution in [0.3, 0.4) is 0 Å². The van der Waals surface area contributed by atoms with Gasteiger partial charge >= 0.3 is 0 Å². The van der Waals surface area contributed by atoms with Gasteiger partial charge in [0.25, 0.3) is 5.56 Å². The highest BCUT2D eigenvalue weighted by Gasteiger charge is 2.22. The number of nitrogens with zero attached hydrogens (tertiary/aromatic N) is 1. The van der Waals surface area contributed by atoms with Crippen LogP contribution < -0.4 is 10.9 Å². The topological polar surface area (TPSA) is 68.2 Å². The summed E-state index contributed by atoms with van der Waals surface area (Å²) in [7, 11) is 0. The van der Waals surface area contributed by atoms with Gasteiger partial charge in [0.05, 0.1) is 5.52 Å². The van der Waals surface area contributed by atoms with Crippen molar-refractivity contribution in [2.45, 2.75) is 33.2 Å². The molecule has 2 aromatic carbocycles. The molecule has 0 radical (unpaired) electrons. The number of Topliss-reactive ketones (excluding diaryl/α,β-unsaturated/α-hetero) is 1. The van der Waals surface area contributed by atoms with Crippen molar-refractivity contribution in [3.05, 3.63) is 76.1 Å². The summed E-state index contributed by atoms with van der Waals surface area (Å²) >= 11 is 0. The standard InChI is InChI=1S/C22H22N2O3/c1-4-19(22(27)23-17-11-9-16(10-12-17)15(3)25)24-20-8-6-5-7-18(20)14(2)13-21(24)26/h5-13,19H,4H2,1-3H3,(H,23,27). The number of rotatable bonds is 5. The van der Waals surface area contributed by atoms with E-state index >= 15 is 0 Å². The fourth-order valence-electron chi connectivity index (χ4n) is 3.29. The fraction of sp³-hybridized carbons (Fsp3) is 0.227. The molecule has 1 amide bonds. The number of carbonyl (C=O) groups excluding carboxylic acids is 2. The van der Waals surface area contributed by atoms with Crippen LogP contribution in [0.2, 0.25) is 0 Å². The molecule has 0 spiro atoms. The van der Waals surface area contributed by atoms with Crippen LogP contribution >= 0.6 is 0 Å². The van der Waals surface area contributed by atoms with Gasteiger partial charge in [-0.2, -0.15) is 0 Å². The number of anilines is 1. The van der Waals surface area contributed by atoms with Gasteiger partial charge in [-0.25, -0.2) is 0 Å². The average Bonchev–Trinajstić information content (AvgIpc) is 2.65. The fourth-order valence-corrected chi connectivity index (χ4v) is 3.29. The van der Waals surface area contributed by atoms with Crippen LogP contribution in [-0.4, -0.2) is 16.3 Å². The highest BCUT2D eigenvalue weighted by Crippen LogP contribution is 2.22. The van der Waals surface area contributed by atoms with Crippen LogP contribution in [0.25, 0.3) is 10.9 Å². The molecule has 1 atom stereocenters. The summed E-state index contributed by atoms with van der Waals surface area (Å²) in [6, 6.07) is 15.3. The quantitative estimate of drug-likeness (QED) is 0.695. The van der Waals surface area contributed by atoms with Crippen LogP contribution in [0.1, 0.15) is 42.2 Å². The lowest BCUT2D eigenvalue weighted by Crippen LogP contribution is -2.33. The van der Waals surface area contributed by atoms with Gasteiger partial charge in [0.1, 0.15) is 6.04 Å². The lowest BCUT2D eigenvalue weighted by atomic mass is 10.1. The first kappa shape index (κ1) is 18.6. The van der Waals surface area contributed by atoms with E-state index in [1.165, 1.54) is 6.92 Å². The smallest absolute Gasteiger partial charge is 0.252 e. The van der Waals surface area contributed by atoms with Crippen molar-refractivity contribution in [2.75, 3.05) is 5.32 Å². The SMILES string of the molecule is CCC(C(=O)Nc1ccc(C(C)=O)cc1)n1c(=O)cc(C)c2ccccc21. The summed E-state index contributed by atoms with van der Waals surface area (Å²) in [4.78, 5) is 37.0. The maximum absolute atomic E-state index is 12.9. The van der Waals surface area contributed by atoms with Gasteiger partial charge < -0.3 is 5.32 Å². The largest absolute Gasteiger partial charge is 0.324 e. The van der Waals surface area contributed by atoms with Gasteiger partial charge in [0, 0.05) is 22.7 Å². The molecular weight excluding hydrogens is 340 g/mol. The van der Waals surface area contributed by atoms with Crippen molar-refractivity contribution in [1.29, 1.82) is 0 Å². The number of fused-ring (bicyclic) bond motifs is 1. The Balaban J connectivity index is 1.98. The molecule has 3 aromatic rings. The summed E-state index contributed by atoms with van der Waals surface area (Å²) in [6.45, 7) is 5.27. The predicted octanol–water partition coefficient (Wildman–Crippen LogP) is 4.10. The highest BCUT2D eigenvalue weighted by molar-refractivity contribution is 5.97. The number of benzene rings is 2.